The van der Waals surface area contributed by atoms with Crippen molar-refractivity contribution in [2.24, 2.45) is 12.0 Å². The fraction of sp³-hybridized carbons (Fsp3) is 0.182. The normalized spacial score (nSPS) is 12.5. The van der Waals surface area contributed by atoms with E-state index >= 15 is 0 Å². The second kappa shape index (κ2) is 4.61. The summed E-state index contributed by atoms with van der Waals surface area (Å²) >= 11 is 0. The molecule has 8 heteroatoms. The minimum Gasteiger partial charge on any atom is -0.319 e. The van der Waals surface area contributed by atoms with Gasteiger partial charge >= 0.3 is 6.18 Å². The van der Waals surface area contributed by atoms with Crippen LogP contribution in [0.15, 0.2) is 35.7 Å². The molecule has 0 amide bonds. The molecule has 0 bridgehead atoms. The van der Waals surface area contributed by atoms with Crippen molar-refractivity contribution in [1.82, 2.24) is 14.1 Å². The molecule has 98 valence electrons. The molecule has 2 aromatic heterocycles. The van der Waals surface area contributed by atoms with Crippen molar-refractivity contribution in [3.8, 4) is 11.9 Å². The average molecular weight is 267 g/mol. The largest absolute Gasteiger partial charge is 0.433 e. The molecule has 19 heavy (non-hydrogen) atoms. The molecule has 0 N–H and O–H groups in total. The smallest absolute Gasteiger partial charge is 0.319 e. The number of imidazole rings is 1. The Bertz CT molecular complexity index is 685. The zero-order valence-electron chi connectivity index (χ0n) is 9.76. The molecule has 0 aliphatic heterocycles. The van der Waals surface area contributed by atoms with E-state index in [0.717, 1.165) is 12.3 Å². The Balaban J connectivity index is 2.51. The van der Waals surface area contributed by atoms with Crippen molar-refractivity contribution >= 4 is 0 Å². The van der Waals surface area contributed by atoms with E-state index in [1.807, 2.05) is 0 Å². The molecule has 2 rings (SSSR count). The van der Waals surface area contributed by atoms with Crippen LogP contribution in [0.1, 0.15) is 5.69 Å². The maximum atomic E-state index is 12.4. The summed E-state index contributed by atoms with van der Waals surface area (Å²) in [5, 5.41) is 8.58. The van der Waals surface area contributed by atoms with Gasteiger partial charge in [0.15, 0.2) is 0 Å². The van der Waals surface area contributed by atoms with Crippen LogP contribution < -0.4 is 5.62 Å². The second-order valence-corrected chi connectivity index (χ2v) is 3.69. The highest BCUT2D eigenvalue weighted by Gasteiger charge is 2.32. The third-order valence-electron chi connectivity index (χ3n) is 2.44. The minimum absolute atomic E-state index is 0.295. The Morgan fingerprint density at radius 3 is 2.58 bits per heavy atom. The van der Waals surface area contributed by atoms with Crippen molar-refractivity contribution in [3.05, 3.63) is 42.0 Å². The topological polar surface area (TPSA) is 58.9 Å². The van der Waals surface area contributed by atoms with Crippen LogP contribution in [-0.2, 0) is 13.2 Å². The van der Waals surface area contributed by atoms with E-state index in [9.17, 15) is 13.2 Å². The number of nitrogens with zero attached hydrogens (tertiary/aromatic N) is 5. The highest BCUT2D eigenvalue weighted by atomic mass is 19.4. The molecule has 5 nitrogen and oxygen atoms in total. The Kier molecular flexibility index (Phi) is 3.12. The lowest BCUT2D eigenvalue weighted by Crippen LogP contribution is -2.22. The summed E-state index contributed by atoms with van der Waals surface area (Å²) in [5.74, 6) is 0. The van der Waals surface area contributed by atoms with E-state index in [0.29, 0.717) is 11.3 Å². The van der Waals surface area contributed by atoms with Gasteiger partial charge in [-0.1, -0.05) is 0 Å². The lowest BCUT2D eigenvalue weighted by Gasteiger charge is -2.07. The molecule has 2 aromatic rings. The van der Waals surface area contributed by atoms with Crippen LogP contribution in [0.5, 0.6) is 0 Å². The predicted octanol–water partition coefficient (Wildman–Crippen LogP) is 1.61. The molecule has 0 fully saturated rings. The van der Waals surface area contributed by atoms with E-state index in [4.69, 9.17) is 5.26 Å². The maximum Gasteiger partial charge on any atom is 0.433 e. The second-order valence-electron chi connectivity index (χ2n) is 3.69. The molecule has 0 aliphatic carbocycles. The molecule has 0 atom stereocenters. The Morgan fingerprint density at radius 2 is 2.05 bits per heavy atom. The van der Waals surface area contributed by atoms with Gasteiger partial charge in [0, 0.05) is 19.4 Å². The summed E-state index contributed by atoms with van der Waals surface area (Å²) in [6.45, 7) is 0. The number of hydrogen-bond acceptors (Lipinski definition) is 3. The number of rotatable bonds is 1. The number of halogens is 3. The third-order valence-corrected chi connectivity index (χ3v) is 2.44. The van der Waals surface area contributed by atoms with Gasteiger partial charge in [-0.2, -0.15) is 18.4 Å². The van der Waals surface area contributed by atoms with Gasteiger partial charge in [0.05, 0.1) is 11.9 Å². The number of hydrogen-bond donors (Lipinski definition) is 0. The van der Waals surface area contributed by atoms with Gasteiger partial charge < -0.3 is 4.57 Å². The van der Waals surface area contributed by atoms with Crippen LogP contribution in [0.2, 0.25) is 0 Å². The average Bonchev–Trinajstić information content (AvgIpc) is 2.71. The van der Waals surface area contributed by atoms with E-state index in [-0.39, 0.29) is 0 Å². The lowest BCUT2D eigenvalue weighted by atomic mass is 10.3. The number of alkyl halides is 3. The lowest BCUT2D eigenvalue weighted by molar-refractivity contribution is -0.141. The summed E-state index contributed by atoms with van der Waals surface area (Å²) in [4.78, 5) is 6.95. The Labute approximate surface area is 105 Å². The van der Waals surface area contributed by atoms with Crippen molar-refractivity contribution in [2.45, 2.75) is 6.18 Å². The van der Waals surface area contributed by atoms with Gasteiger partial charge in [-0.3, -0.25) is 4.57 Å². The molecular formula is C11H8F3N5. The molecule has 0 unspecified atom stereocenters. The van der Waals surface area contributed by atoms with Crippen LogP contribution in [-0.4, -0.2) is 14.1 Å². The molecule has 0 saturated heterocycles. The van der Waals surface area contributed by atoms with Gasteiger partial charge in [0.2, 0.25) is 11.8 Å². The first kappa shape index (κ1) is 12.9. The first-order chi connectivity index (χ1) is 8.93. The molecular weight excluding hydrogens is 259 g/mol. The summed E-state index contributed by atoms with van der Waals surface area (Å²) < 4.78 is 40.2. The summed E-state index contributed by atoms with van der Waals surface area (Å²) in [7, 11) is 1.67. The molecule has 0 saturated carbocycles. The van der Waals surface area contributed by atoms with Crippen LogP contribution in [0.25, 0.3) is 5.69 Å². The van der Waals surface area contributed by atoms with Gasteiger partial charge in [-0.05, 0) is 12.1 Å². The van der Waals surface area contributed by atoms with Crippen LogP contribution in [0.4, 0.5) is 13.2 Å². The summed E-state index contributed by atoms with van der Waals surface area (Å²) in [5.41, 5.74) is -0.279. The van der Waals surface area contributed by atoms with E-state index in [1.165, 1.54) is 10.6 Å². The van der Waals surface area contributed by atoms with Gasteiger partial charge in [0.1, 0.15) is 5.69 Å². The molecule has 2 heterocycles. The number of pyridine rings is 1. The molecule has 0 spiro atoms. The fourth-order valence-corrected chi connectivity index (χ4v) is 1.55. The predicted molar refractivity (Wildman–Crippen MR) is 58.7 cm³/mol. The summed E-state index contributed by atoms with van der Waals surface area (Å²) in [6.07, 6.45) is 1.47. The monoisotopic (exact) mass is 267 g/mol. The maximum absolute atomic E-state index is 12.4. The van der Waals surface area contributed by atoms with Crippen molar-refractivity contribution < 1.29 is 13.2 Å². The first-order valence-electron chi connectivity index (χ1n) is 5.14. The van der Waals surface area contributed by atoms with Gasteiger partial charge in [-0.15, -0.1) is 4.99 Å². The number of aromatic nitrogens is 3. The third kappa shape index (κ3) is 2.49. The SMILES string of the molecule is Cn1ccn(-c2ccc(C(F)(F)F)nc2)c1=NC#N. The van der Waals surface area contributed by atoms with Crippen molar-refractivity contribution in [3.63, 3.8) is 0 Å². The van der Waals surface area contributed by atoms with Gasteiger partial charge in [-0.25, -0.2) is 4.98 Å². The number of aryl methyl sites for hydroxylation is 1. The molecule has 0 aromatic carbocycles. The number of nitriles is 1. The highest BCUT2D eigenvalue weighted by Crippen LogP contribution is 2.27. The van der Waals surface area contributed by atoms with E-state index in [2.05, 4.69) is 9.98 Å². The Hall–Kier alpha value is -2.56. The Morgan fingerprint density at radius 1 is 1.32 bits per heavy atom. The zero-order chi connectivity index (χ0) is 14.0. The van der Waals surface area contributed by atoms with Crippen molar-refractivity contribution in [1.29, 1.82) is 5.26 Å². The standard InChI is InChI=1S/C11H8F3N5/c1-18-4-5-19(10(18)17-7-15)8-2-3-9(16-6-8)11(12,13)14/h2-6H,1H3. The fourth-order valence-electron chi connectivity index (χ4n) is 1.55. The summed E-state index contributed by atoms with van der Waals surface area (Å²) in [6, 6.07) is 2.15. The van der Waals surface area contributed by atoms with Gasteiger partial charge in [0.25, 0.3) is 0 Å². The highest BCUT2D eigenvalue weighted by molar-refractivity contribution is 5.30. The van der Waals surface area contributed by atoms with Crippen LogP contribution >= 0.6 is 0 Å². The van der Waals surface area contributed by atoms with Crippen LogP contribution in [0.3, 0.4) is 0 Å². The van der Waals surface area contributed by atoms with Crippen molar-refractivity contribution in [2.75, 3.05) is 0 Å². The molecule has 0 radical (unpaired) electrons. The first-order valence-corrected chi connectivity index (χ1v) is 5.14. The zero-order valence-corrected chi connectivity index (χ0v) is 9.76. The van der Waals surface area contributed by atoms with E-state index < -0.39 is 11.9 Å². The molecule has 0 aliphatic rings. The van der Waals surface area contributed by atoms with E-state index in [1.54, 1.807) is 30.2 Å². The quantitative estimate of drug-likeness (QED) is 0.737. The van der Waals surface area contributed by atoms with Crippen LogP contribution in [0, 0.1) is 11.5 Å². The minimum atomic E-state index is -4.47.